The van der Waals surface area contributed by atoms with Gasteiger partial charge < -0.3 is 10.1 Å². The highest BCUT2D eigenvalue weighted by Crippen LogP contribution is 2.17. The zero-order chi connectivity index (χ0) is 21.9. The molecule has 7 heteroatoms. The number of hydrazone groups is 1. The van der Waals surface area contributed by atoms with E-state index in [9.17, 15) is 9.59 Å². The minimum absolute atomic E-state index is 0.0544. The molecule has 0 spiro atoms. The molecule has 0 radical (unpaired) electrons. The molecule has 0 saturated heterocycles. The Morgan fingerprint density at radius 1 is 0.871 bits per heavy atom. The SMILES string of the molecule is O=C(CCC(=O)Nc1ccccc1I)NN=Cc1ccc(OCc2ccccc2)cc1. The Hall–Kier alpha value is -3.20. The Bertz CT molecular complexity index is 1040. The Balaban J connectivity index is 1.38. The van der Waals surface area contributed by atoms with Gasteiger partial charge in [0.25, 0.3) is 0 Å². The third kappa shape index (κ3) is 7.86. The van der Waals surface area contributed by atoms with Crippen LogP contribution in [0.3, 0.4) is 0 Å². The fourth-order valence-corrected chi connectivity index (χ4v) is 3.15. The molecule has 0 saturated carbocycles. The summed E-state index contributed by atoms with van der Waals surface area (Å²) in [5.41, 5.74) is 5.10. The van der Waals surface area contributed by atoms with Gasteiger partial charge in [0.15, 0.2) is 0 Å². The first-order chi connectivity index (χ1) is 15.1. The molecule has 0 fully saturated rings. The van der Waals surface area contributed by atoms with Crippen LogP contribution in [0.1, 0.15) is 24.0 Å². The van der Waals surface area contributed by atoms with E-state index >= 15 is 0 Å². The quantitative estimate of drug-likeness (QED) is 0.240. The molecule has 0 atom stereocenters. The maximum absolute atomic E-state index is 12.0. The number of nitrogens with zero attached hydrogens (tertiary/aromatic N) is 1. The molecule has 0 aromatic heterocycles. The number of amides is 2. The average molecular weight is 527 g/mol. The van der Waals surface area contributed by atoms with Gasteiger partial charge in [0.2, 0.25) is 11.8 Å². The van der Waals surface area contributed by atoms with Gasteiger partial charge in [0.05, 0.1) is 11.9 Å². The lowest BCUT2D eigenvalue weighted by molar-refractivity contribution is -0.124. The molecule has 6 nitrogen and oxygen atoms in total. The standard InChI is InChI=1S/C24H22IN3O3/c25-21-8-4-5-9-22(21)27-23(29)14-15-24(30)28-26-16-18-10-12-20(13-11-18)31-17-19-6-2-1-3-7-19/h1-13,16H,14-15,17H2,(H,27,29)(H,28,30). The summed E-state index contributed by atoms with van der Waals surface area (Å²) >= 11 is 2.15. The monoisotopic (exact) mass is 527 g/mol. The van der Waals surface area contributed by atoms with Crippen molar-refractivity contribution < 1.29 is 14.3 Å². The summed E-state index contributed by atoms with van der Waals surface area (Å²) in [5.74, 6) is 0.218. The van der Waals surface area contributed by atoms with Crippen molar-refractivity contribution in [2.24, 2.45) is 5.10 Å². The second-order valence-electron chi connectivity index (χ2n) is 6.66. The number of anilines is 1. The van der Waals surface area contributed by atoms with Crippen LogP contribution < -0.4 is 15.5 Å². The maximum atomic E-state index is 12.0. The summed E-state index contributed by atoms with van der Waals surface area (Å²) in [6.07, 6.45) is 1.68. The first-order valence-electron chi connectivity index (χ1n) is 9.73. The van der Waals surface area contributed by atoms with Crippen molar-refractivity contribution in [1.29, 1.82) is 0 Å². The van der Waals surface area contributed by atoms with Gasteiger partial charge in [-0.3, -0.25) is 9.59 Å². The minimum atomic E-state index is -0.322. The number of rotatable bonds is 9. The van der Waals surface area contributed by atoms with Gasteiger partial charge in [-0.1, -0.05) is 42.5 Å². The van der Waals surface area contributed by atoms with E-state index in [0.717, 1.165) is 26.1 Å². The summed E-state index contributed by atoms with van der Waals surface area (Å²) < 4.78 is 6.68. The van der Waals surface area contributed by atoms with Crippen LogP contribution in [0.25, 0.3) is 0 Å². The summed E-state index contributed by atoms with van der Waals surface area (Å²) in [6.45, 7) is 0.501. The van der Waals surface area contributed by atoms with Gasteiger partial charge in [-0.05, 0) is 70.1 Å². The molecule has 0 aliphatic carbocycles. The highest BCUT2D eigenvalue weighted by molar-refractivity contribution is 14.1. The van der Waals surface area contributed by atoms with Crippen LogP contribution in [0.2, 0.25) is 0 Å². The first-order valence-corrected chi connectivity index (χ1v) is 10.8. The van der Waals surface area contributed by atoms with Gasteiger partial charge in [0.1, 0.15) is 12.4 Å². The molecule has 0 aliphatic heterocycles. The van der Waals surface area contributed by atoms with Gasteiger partial charge in [-0.15, -0.1) is 0 Å². The van der Waals surface area contributed by atoms with Crippen LogP contribution >= 0.6 is 22.6 Å². The zero-order valence-electron chi connectivity index (χ0n) is 16.8. The van der Waals surface area contributed by atoms with E-state index in [1.165, 1.54) is 0 Å². The lowest BCUT2D eigenvalue weighted by atomic mass is 10.2. The molecule has 3 aromatic rings. The Kier molecular flexibility index (Phi) is 8.59. The van der Waals surface area contributed by atoms with Crippen LogP contribution in [0.15, 0.2) is 84.0 Å². The molecular formula is C24H22IN3O3. The van der Waals surface area contributed by atoms with Gasteiger partial charge in [-0.2, -0.15) is 5.10 Å². The van der Waals surface area contributed by atoms with E-state index in [4.69, 9.17) is 4.74 Å². The molecular weight excluding hydrogens is 505 g/mol. The third-order valence-corrected chi connectivity index (χ3v) is 5.20. The normalized spacial score (nSPS) is 10.6. The molecule has 2 amide bonds. The van der Waals surface area contributed by atoms with Crippen molar-refractivity contribution in [1.82, 2.24) is 5.43 Å². The van der Waals surface area contributed by atoms with E-state index in [1.54, 1.807) is 6.21 Å². The highest BCUT2D eigenvalue weighted by Gasteiger charge is 2.08. The van der Waals surface area contributed by atoms with Crippen molar-refractivity contribution in [2.45, 2.75) is 19.4 Å². The largest absolute Gasteiger partial charge is 0.489 e. The zero-order valence-corrected chi connectivity index (χ0v) is 18.9. The Morgan fingerprint density at radius 2 is 1.55 bits per heavy atom. The van der Waals surface area contributed by atoms with Crippen molar-refractivity contribution in [3.63, 3.8) is 0 Å². The van der Waals surface area contributed by atoms with Crippen LogP contribution in [-0.4, -0.2) is 18.0 Å². The van der Waals surface area contributed by atoms with Crippen molar-refractivity contribution in [3.8, 4) is 5.75 Å². The van der Waals surface area contributed by atoms with E-state index in [1.807, 2.05) is 78.9 Å². The second-order valence-corrected chi connectivity index (χ2v) is 7.83. The number of ether oxygens (including phenoxy) is 1. The predicted octanol–water partition coefficient (Wildman–Crippen LogP) is 4.74. The van der Waals surface area contributed by atoms with E-state index in [0.29, 0.717) is 6.61 Å². The highest BCUT2D eigenvalue weighted by atomic mass is 127. The lowest BCUT2D eigenvalue weighted by Crippen LogP contribution is -2.20. The van der Waals surface area contributed by atoms with E-state index < -0.39 is 0 Å². The number of benzene rings is 3. The smallest absolute Gasteiger partial charge is 0.240 e. The Morgan fingerprint density at radius 3 is 2.29 bits per heavy atom. The number of halogens is 1. The van der Waals surface area contributed by atoms with Gasteiger partial charge >= 0.3 is 0 Å². The maximum Gasteiger partial charge on any atom is 0.240 e. The Labute approximate surface area is 194 Å². The van der Waals surface area contributed by atoms with E-state index in [-0.39, 0.29) is 24.7 Å². The van der Waals surface area contributed by atoms with Crippen LogP contribution in [-0.2, 0) is 16.2 Å². The molecule has 0 heterocycles. The van der Waals surface area contributed by atoms with E-state index in [2.05, 4.69) is 38.4 Å². The summed E-state index contributed by atoms with van der Waals surface area (Å²) in [5, 5.41) is 6.74. The third-order valence-electron chi connectivity index (χ3n) is 4.26. The second kappa shape index (κ2) is 11.8. The number of para-hydroxylation sites is 1. The number of nitrogens with one attached hydrogen (secondary N) is 2. The average Bonchev–Trinajstić information content (AvgIpc) is 2.79. The van der Waals surface area contributed by atoms with Gasteiger partial charge in [-0.25, -0.2) is 5.43 Å². The fraction of sp³-hybridized carbons (Fsp3) is 0.125. The topological polar surface area (TPSA) is 79.8 Å². The number of hydrogen-bond donors (Lipinski definition) is 2. The number of carbonyl (C=O) groups is 2. The minimum Gasteiger partial charge on any atom is -0.489 e. The summed E-state index contributed by atoms with van der Waals surface area (Å²) in [6, 6.07) is 24.8. The van der Waals surface area contributed by atoms with Crippen molar-refractivity contribution in [3.05, 3.63) is 93.6 Å². The molecule has 31 heavy (non-hydrogen) atoms. The van der Waals surface area contributed by atoms with Gasteiger partial charge in [0, 0.05) is 16.4 Å². The van der Waals surface area contributed by atoms with Crippen LogP contribution in [0.5, 0.6) is 5.75 Å². The summed E-state index contributed by atoms with van der Waals surface area (Å²) in [7, 11) is 0. The van der Waals surface area contributed by atoms with Crippen LogP contribution in [0.4, 0.5) is 5.69 Å². The number of hydrogen-bond acceptors (Lipinski definition) is 4. The number of carbonyl (C=O) groups excluding carboxylic acids is 2. The predicted molar refractivity (Wildman–Crippen MR) is 130 cm³/mol. The first kappa shape index (κ1) is 22.5. The van der Waals surface area contributed by atoms with Crippen molar-refractivity contribution >= 4 is 46.3 Å². The molecule has 0 aliphatic rings. The van der Waals surface area contributed by atoms with Crippen molar-refractivity contribution in [2.75, 3.05) is 5.32 Å². The molecule has 3 aromatic carbocycles. The lowest BCUT2D eigenvalue weighted by Gasteiger charge is -2.07. The molecule has 158 valence electrons. The van der Waals surface area contributed by atoms with Crippen LogP contribution in [0, 0.1) is 3.57 Å². The molecule has 0 unspecified atom stereocenters. The summed E-state index contributed by atoms with van der Waals surface area (Å²) in [4.78, 5) is 23.9. The fourth-order valence-electron chi connectivity index (χ4n) is 2.63. The molecule has 3 rings (SSSR count). The molecule has 0 bridgehead atoms. The molecule has 2 N–H and O–H groups in total.